The van der Waals surface area contributed by atoms with E-state index in [1.807, 2.05) is 13.0 Å². The fourth-order valence-corrected chi connectivity index (χ4v) is 0.959. The monoisotopic (exact) mass is 216 g/mol. The van der Waals surface area contributed by atoms with Crippen LogP contribution in [0.2, 0.25) is 0 Å². The summed E-state index contributed by atoms with van der Waals surface area (Å²) in [7, 11) is 0. The first-order valence-corrected chi connectivity index (χ1v) is 5.10. The van der Waals surface area contributed by atoms with Crippen LogP contribution in [0, 0.1) is 0 Å². The zero-order valence-electron chi connectivity index (χ0n) is 9.77. The Morgan fingerprint density at radius 2 is 2.00 bits per heavy atom. The molecule has 0 radical (unpaired) electrons. The maximum absolute atomic E-state index is 11.5. The number of esters is 1. The van der Waals surface area contributed by atoms with Gasteiger partial charge in [0.2, 0.25) is 0 Å². The van der Waals surface area contributed by atoms with Gasteiger partial charge in [0.25, 0.3) is 0 Å². The van der Waals surface area contributed by atoms with Crippen molar-refractivity contribution in [2.24, 2.45) is 0 Å². The summed E-state index contributed by atoms with van der Waals surface area (Å²) in [5, 5.41) is 9.34. The molecule has 0 spiro atoms. The second-order valence-electron chi connectivity index (χ2n) is 3.55. The van der Waals surface area contributed by atoms with Crippen molar-refractivity contribution in [1.82, 2.24) is 0 Å². The minimum atomic E-state index is -0.913. The Bertz CT molecular complexity index is 209. The molecule has 0 saturated carbocycles. The minimum Gasteiger partial charge on any atom is -0.461 e. The maximum Gasteiger partial charge on any atom is 0.338 e. The lowest BCUT2D eigenvalue weighted by molar-refractivity contribution is -0.167. The molecule has 0 aromatic heterocycles. The number of aliphatic hydroxyl groups excluding tert-OH is 1. The Morgan fingerprint density at radius 1 is 1.40 bits per heavy atom. The molecule has 0 saturated heterocycles. The van der Waals surface area contributed by atoms with Gasteiger partial charge in [0.1, 0.15) is 0 Å². The molecule has 0 aromatic carbocycles. The minimum absolute atomic E-state index is 0.205. The molecule has 0 aliphatic carbocycles. The topological polar surface area (TPSA) is 55.8 Å². The van der Waals surface area contributed by atoms with Crippen LogP contribution in [0.5, 0.6) is 0 Å². The average molecular weight is 216 g/mol. The van der Waals surface area contributed by atoms with Gasteiger partial charge in [0.05, 0.1) is 18.8 Å². The van der Waals surface area contributed by atoms with Gasteiger partial charge >= 0.3 is 5.97 Å². The highest BCUT2D eigenvalue weighted by molar-refractivity contribution is 5.75. The average Bonchev–Trinajstić information content (AvgIpc) is 2.10. The predicted octanol–water partition coefficient (Wildman–Crippen LogP) is 1.28. The van der Waals surface area contributed by atoms with Crippen LogP contribution in [0.3, 0.4) is 0 Å². The normalized spacial score (nSPS) is 15.6. The van der Waals surface area contributed by atoms with E-state index in [-0.39, 0.29) is 6.10 Å². The summed E-state index contributed by atoms with van der Waals surface area (Å²) < 4.78 is 10.2. The molecular formula is C11H20O4. The number of ether oxygens (including phenoxy) is 2. The summed E-state index contributed by atoms with van der Waals surface area (Å²) >= 11 is 0. The lowest BCUT2D eigenvalue weighted by Gasteiger charge is -2.19. The van der Waals surface area contributed by atoms with Crippen LogP contribution in [0.25, 0.3) is 0 Å². The van der Waals surface area contributed by atoms with E-state index in [0.717, 1.165) is 0 Å². The molecule has 0 amide bonds. The van der Waals surface area contributed by atoms with E-state index in [9.17, 15) is 9.90 Å². The third kappa shape index (κ3) is 6.25. The molecule has 4 heteroatoms. The van der Waals surface area contributed by atoms with Crippen LogP contribution < -0.4 is 0 Å². The summed E-state index contributed by atoms with van der Waals surface area (Å²) in [6, 6.07) is 0. The summed E-state index contributed by atoms with van der Waals surface area (Å²) in [5.74, 6) is -0.524. The smallest absolute Gasteiger partial charge is 0.338 e. The molecule has 0 heterocycles. The highest BCUT2D eigenvalue weighted by Gasteiger charge is 2.26. The first-order chi connectivity index (χ1) is 6.99. The first-order valence-electron chi connectivity index (χ1n) is 5.10. The summed E-state index contributed by atoms with van der Waals surface area (Å²) in [6.07, 6.45) is 1.58. The number of allylic oxidation sites excluding steroid dienone is 1. The van der Waals surface area contributed by atoms with Crippen molar-refractivity contribution in [3.63, 3.8) is 0 Å². The molecule has 0 fully saturated rings. The Hall–Kier alpha value is -0.870. The fraction of sp³-hybridized carbons (Fsp3) is 0.727. The van der Waals surface area contributed by atoms with Gasteiger partial charge in [-0.1, -0.05) is 12.2 Å². The van der Waals surface area contributed by atoms with Crippen molar-refractivity contribution < 1.29 is 19.4 Å². The van der Waals surface area contributed by atoms with E-state index in [1.54, 1.807) is 19.9 Å². The third-order valence-corrected chi connectivity index (χ3v) is 1.63. The Labute approximate surface area is 90.9 Å². The molecule has 4 nitrogen and oxygen atoms in total. The zero-order chi connectivity index (χ0) is 11.8. The highest BCUT2D eigenvalue weighted by Crippen LogP contribution is 2.04. The van der Waals surface area contributed by atoms with E-state index >= 15 is 0 Å². The quantitative estimate of drug-likeness (QED) is 0.537. The van der Waals surface area contributed by atoms with Gasteiger partial charge in [-0.05, 0) is 27.7 Å². The van der Waals surface area contributed by atoms with Gasteiger partial charge in [-0.15, -0.1) is 0 Å². The van der Waals surface area contributed by atoms with Crippen LogP contribution in [0.15, 0.2) is 12.2 Å². The van der Waals surface area contributed by atoms with Crippen molar-refractivity contribution in [2.75, 3.05) is 6.61 Å². The summed E-state index contributed by atoms with van der Waals surface area (Å²) in [6.45, 7) is 7.15. The molecule has 2 atom stereocenters. The van der Waals surface area contributed by atoms with Gasteiger partial charge in [-0.25, -0.2) is 4.79 Å². The molecule has 0 aromatic rings. The Morgan fingerprint density at radius 3 is 2.40 bits per heavy atom. The van der Waals surface area contributed by atoms with Gasteiger partial charge in [0, 0.05) is 0 Å². The lowest BCUT2D eigenvalue weighted by Crippen LogP contribution is -2.37. The largest absolute Gasteiger partial charge is 0.461 e. The van der Waals surface area contributed by atoms with E-state index in [1.165, 1.54) is 6.92 Å². The van der Waals surface area contributed by atoms with Crippen molar-refractivity contribution in [3.05, 3.63) is 12.2 Å². The van der Waals surface area contributed by atoms with Gasteiger partial charge in [-0.3, -0.25) is 0 Å². The number of hydrogen-bond donors (Lipinski definition) is 1. The van der Waals surface area contributed by atoms with Crippen LogP contribution in [0.4, 0.5) is 0 Å². The number of rotatable bonds is 6. The van der Waals surface area contributed by atoms with Crippen LogP contribution in [-0.2, 0) is 14.3 Å². The van der Waals surface area contributed by atoms with Gasteiger partial charge in [-0.2, -0.15) is 0 Å². The molecule has 0 bridgehead atoms. The van der Waals surface area contributed by atoms with Gasteiger partial charge < -0.3 is 14.6 Å². The summed E-state index contributed by atoms with van der Waals surface area (Å²) in [5.41, 5.74) is 0. The van der Waals surface area contributed by atoms with Crippen molar-refractivity contribution in [2.45, 2.75) is 46.0 Å². The second-order valence-corrected chi connectivity index (χ2v) is 3.55. The maximum atomic E-state index is 11.5. The number of hydrogen-bond acceptors (Lipinski definition) is 4. The zero-order valence-corrected chi connectivity index (χ0v) is 9.77. The highest BCUT2D eigenvalue weighted by atomic mass is 16.6. The Kier molecular flexibility index (Phi) is 6.99. The molecule has 1 N–H and O–H groups in total. The molecule has 88 valence electrons. The number of carbonyl (C=O) groups excluding carboxylic acids is 1. The third-order valence-electron chi connectivity index (χ3n) is 1.63. The Balaban J connectivity index is 4.19. The lowest BCUT2D eigenvalue weighted by atomic mass is 10.2. The molecule has 2 unspecified atom stereocenters. The second kappa shape index (κ2) is 7.43. The van der Waals surface area contributed by atoms with Crippen LogP contribution in [-0.4, -0.2) is 36.0 Å². The van der Waals surface area contributed by atoms with Crippen molar-refractivity contribution in [1.29, 1.82) is 0 Å². The van der Waals surface area contributed by atoms with Crippen molar-refractivity contribution in [3.8, 4) is 0 Å². The fourth-order valence-electron chi connectivity index (χ4n) is 0.959. The molecule has 15 heavy (non-hydrogen) atoms. The molecular weight excluding hydrogens is 196 g/mol. The number of carbonyl (C=O) groups is 1. The van der Waals surface area contributed by atoms with E-state index in [2.05, 4.69) is 0 Å². The van der Waals surface area contributed by atoms with Gasteiger partial charge in [0.15, 0.2) is 6.10 Å². The number of aliphatic hydroxyl groups is 1. The molecule has 0 aliphatic rings. The van der Waals surface area contributed by atoms with E-state index in [4.69, 9.17) is 9.47 Å². The standard InChI is InChI=1S/C11H20O4/c1-5-6-7-14-10(9(4)12)11(13)15-8(2)3/h5-6,8-10,12H,7H2,1-4H3/b6-5+. The van der Waals surface area contributed by atoms with Crippen molar-refractivity contribution >= 4 is 5.97 Å². The predicted molar refractivity (Wildman–Crippen MR) is 57.5 cm³/mol. The summed E-state index contributed by atoms with van der Waals surface area (Å²) in [4.78, 5) is 11.5. The van der Waals surface area contributed by atoms with E-state index in [0.29, 0.717) is 6.61 Å². The van der Waals surface area contributed by atoms with Crippen LogP contribution in [0.1, 0.15) is 27.7 Å². The molecule has 0 rings (SSSR count). The molecule has 0 aliphatic heterocycles. The first kappa shape index (κ1) is 14.1. The van der Waals surface area contributed by atoms with E-state index < -0.39 is 18.2 Å². The van der Waals surface area contributed by atoms with Crippen LogP contribution >= 0.6 is 0 Å². The SMILES string of the molecule is C/C=C/COC(C(=O)OC(C)C)C(C)O.